The molecule has 0 radical (unpaired) electrons. The zero-order valence-electron chi connectivity index (χ0n) is 11.9. The molecule has 0 aromatic heterocycles. The molecule has 1 fully saturated rings. The lowest BCUT2D eigenvalue weighted by atomic mass is 10.1. The second-order valence-corrected chi connectivity index (χ2v) is 7.51. The molecule has 1 aliphatic carbocycles. The van der Waals surface area contributed by atoms with Crippen LogP contribution in [0.1, 0.15) is 48.0 Å². The molecule has 1 aromatic carbocycles. The van der Waals surface area contributed by atoms with E-state index in [1.54, 1.807) is 12.1 Å². The highest BCUT2D eigenvalue weighted by molar-refractivity contribution is 7.89. The molecule has 0 amide bonds. The fourth-order valence-electron chi connectivity index (χ4n) is 2.65. The van der Waals surface area contributed by atoms with Crippen LogP contribution in [0.4, 0.5) is 0 Å². The van der Waals surface area contributed by atoms with Gasteiger partial charge in [-0.3, -0.25) is 0 Å². The number of rotatable bonds is 7. The minimum absolute atomic E-state index is 0.172. The summed E-state index contributed by atoms with van der Waals surface area (Å²) in [4.78, 5) is 10.7. The average molecular weight is 311 g/mol. The summed E-state index contributed by atoms with van der Waals surface area (Å²) in [6.45, 7) is 0.201. The third-order valence-corrected chi connectivity index (χ3v) is 5.32. The van der Waals surface area contributed by atoms with Crippen LogP contribution in [-0.4, -0.2) is 25.2 Å². The Kier molecular flexibility index (Phi) is 5.36. The number of hydrogen-bond acceptors (Lipinski definition) is 3. The number of nitrogens with one attached hydrogen (secondary N) is 1. The zero-order chi connectivity index (χ0) is 15.3. The van der Waals surface area contributed by atoms with Gasteiger partial charge in [0.2, 0.25) is 10.0 Å². The molecule has 1 saturated carbocycles. The van der Waals surface area contributed by atoms with Gasteiger partial charge in [0.15, 0.2) is 0 Å². The first-order valence-corrected chi connectivity index (χ1v) is 8.91. The van der Waals surface area contributed by atoms with Gasteiger partial charge in [-0.1, -0.05) is 37.8 Å². The standard InChI is InChI=1S/C15H21NO4S/c17-15(18)14-7-5-13(6-8-14)11-16-21(19,20)10-9-12-3-1-2-4-12/h5-8,12,16H,1-4,9-11H2,(H,17,18). The molecule has 2 N–H and O–H groups in total. The van der Waals surface area contributed by atoms with Gasteiger partial charge in [0.25, 0.3) is 0 Å². The topological polar surface area (TPSA) is 83.5 Å². The van der Waals surface area contributed by atoms with E-state index in [-0.39, 0.29) is 17.9 Å². The number of carbonyl (C=O) groups is 1. The molecule has 0 heterocycles. The molecule has 0 bridgehead atoms. The zero-order valence-corrected chi connectivity index (χ0v) is 12.7. The van der Waals surface area contributed by atoms with Crippen molar-refractivity contribution in [1.29, 1.82) is 0 Å². The van der Waals surface area contributed by atoms with Crippen LogP contribution in [0.25, 0.3) is 0 Å². The van der Waals surface area contributed by atoms with E-state index >= 15 is 0 Å². The molecular weight excluding hydrogens is 290 g/mol. The van der Waals surface area contributed by atoms with Crippen molar-refractivity contribution in [2.75, 3.05) is 5.75 Å². The molecule has 0 saturated heterocycles. The molecule has 0 atom stereocenters. The van der Waals surface area contributed by atoms with Crippen LogP contribution in [0, 0.1) is 5.92 Å². The predicted molar refractivity (Wildman–Crippen MR) is 80.6 cm³/mol. The summed E-state index contributed by atoms with van der Waals surface area (Å²) in [5.41, 5.74) is 0.951. The Bertz CT molecular complexity index is 574. The van der Waals surface area contributed by atoms with Gasteiger partial charge in [-0.05, 0) is 30.0 Å². The summed E-state index contributed by atoms with van der Waals surface area (Å²) in [5, 5.41) is 8.80. The van der Waals surface area contributed by atoms with Gasteiger partial charge in [-0.25, -0.2) is 17.9 Å². The summed E-state index contributed by atoms with van der Waals surface area (Å²) in [5.74, 6) is -0.264. The summed E-state index contributed by atoms with van der Waals surface area (Å²) >= 11 is 0. The van der Waals surface area contributed by atoms with Gasteiger partial charge in [-0.2, -0.15) is 0 Å². The van der Waals surface area contributed by atoms with E-state index in [9.17, 15) is 13.2 Å². The molecule has 5 nitrogen and oxygen atoms in total. The number of sulfonamides is 1. The SMILES string of the molecule is O=C(O)c1ccc(CNS(=O)(=O)CCC2CCCC2)cc1. The molecule has 6 heteroatoms. The van der Waals surface area contributed by atoms with Crippen molar-refractivity contribution in [2.45, 2.75) is 38.6 Å². The monoisotopic (exact) mass is 311 g/mol. The number of hydrogen-bond donors (Lipinski definition) is 2. The number of benzene rings is 1. The molecular formula is C15H21NO4S. The normalized spacial score (nSPS) is 16.2. The fraction of sp³-hybridized carbons (Fsp3) is 0.533. The Morgan fingerprint density at radius 3 is 2.38 bits per heavy atom. The van der Waals surface area contributed by atoms with Gasteiger partial charge in [0, 0.05) is 6.54 Å². The Morgan fingerprint density at radius 1 is 1.19 bits per heavy atom. The van der Waals surface area contributed by atoms with Crippen LogP contribution in [0.15, 0.2) is 24.3 Å². The first-order chi connectivity index (χ1) is 9.96. The van der Waals surface area contributed by atoms with Gasteiger partial charge in [0.05, 0.1) is 11.3 Å². The average Bonchev–Trinajstić information content (AvgIpc) is 2.97. The lowest BCUT2D eigenvalue weighted by Crippen LogP contribution is -2.26. The maximum atomic E-state index is 11.9. The summed E-state index contributed by atoms with van der Waals surface area (Å²) in [7, 11) is -3.26. The summed E-state index contributed by atoms with van der Waals surface area (Å²) < 4.78 is 26.4. The van der Waals surface area contributed by atoms with Crippen molar-refractivity contribution in [2.24, 2.45) is 5.92 Å². The van der Waals surface area contributed by atoms with Gasteiger partial charge >= 0.3 is 5.97 Å². The van der Waals surface area contributed by atoms with Gasteiger partial charge < -0.3 is 5.11 Å². The van der Waals surface area contributed by atoms with Gasteiger partial charge in [-0.15, -0.1) is 0 Å². The van der Waals surface area contributed by atoms with E-state index in [1.165, 1.54) is 25.0 Å². The molecule has 116 valence electrons. The van der Waals surface area contributed by atoms with Crippen molar-refractivity contribution in [3.63, 3.8) is 0 Å². The van der Waals surface area contributed by atoms with Crippen LogP contribution in [0.2, 0.25) is 0 Å². The maximum absolute atomic E-state index is 11.9. The highest BCUT2D eigenvalue weighted by atomic mass is 32.2. The third kappa shape index (κ3) is 5.13. The minimum atomic E-state index is -3.26. The Morgan fingerprint density at radius 2 is 1.81 bits per heavy atom. The molecule has 1 aromatic rings. The van der Waals surface area contributed by atoms with E-state index in [4.69, 9.17) is 5.11 Å². The van der Waals surface area contributed by atoms with E-state index in [2.05, 4.69) is 4.72 Å². The lowest BCUT2D eigenvalue weighted by molar-refractivity contribution is 0.0697. The summed E-state index contributed by atoms with van der Waals surface area (Å²) in [6.07, 6.45) is 5.45. The summed E-state index contributed by atoms with van der Waals surface area (Å²) in [6, 6.07) is 6.21. The Labute approximate surface area is 125 Å². The lowest BCUT2D eigenvalue weighted by Gasteiger charge is -2.10. The van der Waals surface area contributed by atoms with Crippen molar-refractivity contribution in [3.05, 3.63) is 35.4 Å². The molecule has 21 heavy (non-hydrogen) atoms. The first-order valence-electron chi connectivity index (χ1n) is 7.26. The third-order valence-electron chi connectivity index (χ3n) is 3.97. The Balaban J connectivity index is 1.81. The second kappa shape index (κ2) is 7.04. The Hall–Kier alpha value is -1.40. The van der Waals surface area contributed by atoms with E-state index in [0.29, 0.717) is 5.92 Å². The van der Waals surface area contributed by atoms with Crippen molar-refractivity contribution >= 4 is 16.0 Å². The number of carboxylic acid groups (broad SMARTS) is 1. The van der Waals surface area contributed by atoms with Crippen LogP contribution in [0.3, 0.4) is 0 Å². The molecule has 0 unspecified atom stereocenters. The second-order valence-electron chi connectivity index (χ2n) is 5.58. The molecule has 0 spiro atoms. The quantitative estimate of drug-likeness (QED) is 0.810. The molecule has 2 rings (SSSR count). The minimum Gasteiger partial charge on any atom is -0.478 e. The largest absolute Gasteiger partial charge is 0.478 e. The number of aromatic carboxylic acids is 1. The van der Waals surface area contributed by atoms with E-state index in [1.807, 2.05) is 0 Å². The van der Waals surface area contributed by atoms with Crippen molar-refractivity contribution < 1.29 is 18.3 Å². The first kappa shape index (κ1) is 16.0. The van der Waals surface area contributed by atoms with Crippen molar-refractivity contribution in [3.8, 4) is 0 Å². The number of carboxylic acids is 1. The van der Waals surface area contributed by atoms with Crippen LogP contribution >= 0.6 is 0 Å². The molecule has 1 aliphatic rings. The maximum Gasteiger partial charge on any atom is 0.335 e. The highest BCUT2D eigenvalue weighted by Crippen LogP contribution is 2.27. The predicted octanol–water partition coefficient (Wildman–Crippen LogP) is 2.38. The van der Waals surface area contributed by atoms with Crippen LogP contribution in [-0.2, 0) is 16.6 Å². The molecule has 0 aliphatic heterocycles. The van der Waals surface area contributed by atoms with E-state index < -0.39 is 16.0 Å². The van der Waals surface area contributed by atoms with Crippen LogP contribution < -0.4 is 4.72 Å². The van der Waals surface area contributed by atoms with E-state index in [0.717, 1.165) is 24.8 Å². The highest BCUT2D eigenvalue weighted by Gasteiger charge is 2.18. The van der Waals surface area contributed by atoms with Gasteiger partial charge in [0.1, 0.15) is 0 Å². The fourth-order valence-corrected chi connectivity index (χ4v) is 3.83. The van der Waals surface area contributed by atoms with Crippen molar-refractivity contribution in [1.82, 2.24) is 4.72 Å². The smallest absolute Gasteiger partial charge is 0.335 e. The van der Waals surface area contributed by atoms with Crippen LogP contribution in [0.5, 0.6) is 0 Å².